The van der Waals surface area contributed by atoms with Crippen LogP contribution in [0.3, 0.4) is 0 Å². The maximum absolute atomic E-state index is 5.69. The first-order valence-corrected chi connectivity index (χ1v) is 4.75. The third kappa shape index (κ3) is 1.75. The Morgan fingerprint density at radius 3 is 2.50 bits per heavy atom. The fourth-order valence-corrected chi connectivity index (χ4v) is 1.60. The second kappa shape index (κ2) is 4.20. The third-order valence-corrected chi connectivity index (χ3v) is 2.32. The van der Waals surface area contributed by atoms with Gasteiger partial charge in [0.2, 0.25) is 0 Å². The number of benzene rings is 1. The molecule has 0 aliphatic rings. The van der Waals surface area contributed by atoms with Crippen LogP contribution >= 0.6 is 0 Å². The van der Waals surface area contributed by atoms with Crippen LogP contribution in [0.15, 0.2) is 48.4 Å². The van der Waals surface area contributed by atoms with Gasteiger partial charge in [0.25, 0.3) is 0 Å². The summed E-state index contributed by atoms with van der Waals surface area (Å²) in [7, 11) is 0. The molecule has 1 heterocycles. The Kier molecular flexibility index (Phi) is 2.75. The quantitative estimate of drug-likeness (QED) is 0.754. The molecule has 0 aliphatic heterocycles. The van der Waals surface area contributed by atoms with Crippen molar-refractivity contribution in [2.75, 3.05) is 0 Å². The molecule has 0 saturated heterocycles. The molecule has 0 aliphatic carbocycles. The molecule has 2 N–H and O–H groups in total. The Balaban J connectivity index is 2.51. The van der Waals surface area contributed by atoms with Gasteiger partial charge in [-0.1, -0.05) is 0 Å². The van der Waals surface area contributed by atoms with Crippen molar-refractivity contribution < 1.29 is 0 Å². The molecule has 14 heavy (non-hydrogen) atoms. The summed E-state index contributed by atoms with van der Waals surface area (Å²) in [5, 5.41) is 0. The Morgan fingerprint density at radius 1 is 1.00 bits per heavy atom. The second-order valence-electron chi connectivity index (χ2n) is 3.23. The molecule has 0 amide bonds. The van der Waals surface area contributed by atoms with Crippen molar-refractivity contribution in [3.8, 4) is 11.0 Å². The van der Waals surface area contributed by atoms with Crippen molar-refractivity contribution in [2.45, 2.75) is 6.54 Å². The third-order valence-electron chi connectivity index (χ3n) is 2.32. The van der Waals surface area contributed by atoms with Crippen LogP contribution in [0.25, 0.3) is 11.0 Å². The van der Waals surface area contributed by atoms with Crippen molar-refractivity contribution in [1.82, 2.24) is 0 Å². The molecule has 1 aromatic carbocycles. The maximum atomic E-state index is 5.69. The van der Waals surface area contributed by atoms with Crippen LogP contribution in [0.4, 0.5) is 0 Å². The summed E-state index contributed by atoms with van der Waals surface area (Å²) >= 11 is 0. The van der Waals surface area contributed by atoms with Gasteiger partial charge in [0, 0.05) is 0 Å². The van der Waals surface area contributed by atoms with Gasteiger partial charge in [-0.25, -0.2) is 0 Å². The molecule has 2 heteroatoms. The van der Waals surface area contributed by atoms with E-state index in [-0.39, 0.29) is 0 Å². The number of rotatable bonds is 2. The van der Waals surface area contributed by atoms with E-state index in [9.17, 15) is 0 Å². The Labute approximate surface area is 84.8 Å². The van der Waals surface area contributed by atoms with Crippen LogP contribution < -0.4 is 5.73 Å². The molecule has 0 bridgehead atoms. The predicted octanol–water partition coefficient (Wildman–Crippen LogP) is 2.15. The van der Waals surface area contributed by atoms with Crippen molar-refractivity contribution >= 4 is 6.91 Å². The minimum absolute atomic E-state index is 0.588. The fourth-order valence-electron chi connectivity index (χ4n) is 1.60. The Hall–Kier alpha value is -1.41. The topological polar surface area (TPSA) is 26.0 Å². The van der Waals surface area contributed by atoms with Crippen LogP contribution in [-0.2, 0) is 6.54 Å². The Morgan fingerprint density at radius 2 is 1.79 bits per heavy atom. The standard InChI is InChI=1S/C12H12BN/c14-9-10-5-1-2-6-11(10)12-7-3-4-8-13-12/h1-8H,9,14H2. The summed E-state index contributed by atoms with van der Waals surface area (Å²) in [4.78, 5) is 0. The first kappa shape index (κ1) is 9.16. The molecule has 1 nitrogen and oxygen atoms in total. The first-order valence-electron chi connectivity index (χ1n) is 4.75. The molecular weight excluding hydrogens is 169 g/mol. The molecule has 0 spiro atoms. The molecule has 68 valence electrons. The van der Waals surface area contributed by atoms with Gasteiger partial charge in [-0.3, -0.25) is 0 Å². The normalized spacial score (nSPS) is 9.79. The number of nitrogens with two attached hydrogens (primary N) is 1. The van der Waals surface area contributed by atoms with Gasteiger partial charge >= 0.3 is 84.2 Å². The van der Waals surface area contributed by atoms with Crippen molar-refractivity contribution in [1.29, 1.82) is 0 Å². The van der Waals surface area contributed by atoms with E-state index in [2.05, 4.69) is 25.1 Å². The number of hydrogen-bond acceptors (Lipinski definition) is 1. The van der Waals surface area contributed by atoms with Crippen LogP contribution in [0.1, 0.15) is 5.56 Å². The van der Waals surface area contributed by atoms with Crippen molar-refractivity contribution in [3.63, 3.8) is 0 Å². The number of hydrogen-bond donors (Lipinski definition) is 1. The van der Waals surface area contributed by atoms with Crippen LogP contribution in [0, 0.1) is 0 Å². The summed E-state index contributed by atoms with van der Waals surface area (Å²) < 4.78 is 0. The SMILES string of the molecule is NCc1ccccc1-c1bcccc1. The van der Waals surface area contributed by atoms with Crippen molar-refractivity contribution in [2.24, 2.45) is 5.73 Å². The van der Waals surface area contributed by atoms with Gasteiger partial charge in [-0.2, -0.15) is 0 Å². The van der Waals surface area contributed by atoms with Gasteiger partial charge < -0.3 is 0 Å². The van der Waals surface area contributed by atoms with Gasteiger partial charge in [0.1, 0.15) is 0 Å². The van der Waals surface area contributed by atoms with E-state index in [4.69, 9.17) is 5.73 Å². The Bertz CT molecular complexity index is 412. The summed E-state index contributed by atoms with van der Waals surface area (Å²) in [6.45, 7) is 2.69. The van der Waals surface area contributed by atoms with E-state index in [1.807, 2.05) is 30.2 Å². The molecule has 2 aromatic rings. The average Bonchev–Trinajstić information content (AvgIpc) is 2.30. The monoisotopic (exact) mass is 181 g/mol. The van der Waals surface area contributed by atoms with E-state index in [0.717, 1.165) is 0 Å². The molecular formula is C12H12BN. The summed E-state index contributed by atoms with van der Waals surface area (Å²) in [6.07, 6.45) is 0. The van der Waals surface area contributed by atoms with E-state index in [0.29, 0.717) is 6.54 Å². The average molecular weight is 181 g/mol. The van der Waals surface area contributed by atoms with Crippen LogP contribution in [0.2, 0.25) is 0 Å². The zero-order valence-electron chi connectivity index (χ0n) is 7.98. The second-order valence-corrected chi connectivity index (χ2v) is 3.23. The predicted molar refractivity (Wildman–Crippen MR) is 61.1 cm³/mol. The van der Waals surface area contributed by atoms with E-state index in [1.54, 1.807) is 0 Å². The summed E-state index contributed by atoms with van der Waals surface area (Å²) in [6, 6.07) is 14.4. The zero-order valence-corrected chi connectivity index (χ0v) is 7.98. The molecule has 0 radical (unpaired) electrons. The van der Waals surface area contributed by atoms with E-state index >= 15 is 0 Å². The molecule has 0 atom stereocenters. The molecule has 2 rings (SSSR count). The van der Waals surface area contributed by atoms with Gasteiger partial charge in [-0.15, -0.1) is 0 Å². The molecule has 1 aromatic heterocycles. The van der Waals surface area contributed by atoms with Gasteiger partial charge in [-0.05, 0) is 0 Å². The summed E-state index contributed by atoms with van der Waals surface area (Å²) in [5.41, 5.74) is 9.34. The van der Waals surface area contributed by atoms with Crippen LogP contribution in [-0.4, -0.2) is 6.91 Å². The van der Waals surface area contributed by atoms with Gasteiger partial charge in [0.15, 0.2) is 0 Å². The summed E-state index contributed by atoms with van der Waals surface area (Å²) in [5.74, 6) is 2.04. The zero-order chi connectivity index (χ0) is 9.80. The van der Waals surface area contributed by atoms with Gasteiger partial charge in [0.05, 0.1) is 0 Å². The van der Waals surface area contributed by atoms with E-state index in [1.165, 1.54) is 16.6 Å². The fraction of sp³-hybridized carbons (Fsp3) is 0.0833. The van der Waals surface area contributed by atoms with Crippen molar-refractivity contribution in [3.05, 3.63) is 54.0 Å². The molecule has 0 fully saturated rings. The van der Waals surface area contributed by atoms with Crippen LogP contribution in [0.5, 0.6) is 0 Å². The van der Waals surface area contributed by atoms with E-state index < -0.39 is 0 Å². The molecule has 0 unspecified atom stereocenters. The molecule has 0 saturated carbocycles. The minimum atomic E-state index is 0.588. The first-order chi connectivity index (χ1) is 6.92.